The summed E-state index contributed by atoms with van der Waals surface area (Å²) in [7, 11) is 1.62. The number of methoxy groups -OCH3 is 1. The molecule has 0 unspecified atom stereocenters. The fraction of sp³-hybridized carbons (Fsp3) is 0.125. The van der Waals surface area contributed by atoms with Crippen LogP contribution < -0.4 is 4.74 Å². The summed E-state index contributed by atoms with van der Waals surface area (Å²) in [5, 5.41) is 0. The molecule has 1 aromatic rings. The monoisotopic (exact) mass is 388 g/mol. The van der Waals surface area contributed by atoms with Crippen LogP contribution >= 0.6 is 45.2 Å². The maximum absolute atomic E-state index is 10.5. The van der Waals surface area contributed by atoms with Crippen molar-refractivity contribution in [3.05, 3.63) is 24.8 Å². The summed E-state index contributed by atoms with van der Waals surface area (Å²) < 4.78 is 7.03. The first-order chi connectivity index (χ1) is 5.70. The van der Waals surface area contributed by atoms with Crippen LogP contribution in [0.25, 0.3) is 0 Å². The van der Waals surface area contributed by atoms with E-state index in [4.69, 9.17) is 4.74 Å². The minimum absolute atomic E-state index is 0.709. The summed E-state index contributed by atoms with van der Waals surface area (Å²) in [5.74, 6) is 0.811. The molecule has 0 saturated carbocycles. The fourth-order valence-electron chi connectivity index (χ4n) is 0.795. The van der Waals surface area contributed by atoms with Crippen molar-refractivity contribution in [1.29, 1.82) is 0 Å². The highest BCUT2D eigenvalue weighted by Gasteiger charge is 2.07. The summed E-state index contributed by atoms with van der Waals surface area (Å²) in [6, 6.07) is 3.56. The van der Waals surface area contributed by atoms with E-state index >= 15 is 0 Å². The maximum Gasteiger partial charge on any atom is 0.151 e. The molecule has 2 nitrogen and oxygen atoms in total. The molecule has 0 aliphatic rings. The number of rotatable bonds is 2. The van der Waals surface area contributed by atoms with Gasteiger partial charge in [0.15, 0.2) is 6.29 Å². The molecular weight excluding hydrogens is 382 g/mol. The molecule has 0 spiro atoms. The lowest BCUT2D eigenvalue weighted by atomic mass is 10.2. The van der Waals surface area contributed by atoms with Gasteiger partial charge in [0.1, 0.15) is 5.75 Å². The number of hydrogen-bond acceptors (Lipinski definition) is 2. The number of hydrogen-bond donors (Lipinski definition) is 0. The average Bonchev–Trinajstić information content (AvgIpc) is 2.10. The predicted molar refractivity (Wildman–Crippen MR) is 63.8 cm³/mol. The first-order valence-electron chi connectivity index (χ1n) is 3.18. The largest absolute Gasteiger partial charge is 0.496 e. The van der Waals surface area contributed by atoms with E-state index in [1.54, 1.807) is 19.2 Å². The second kappa shape index (κ2) is 4.40. The SMILES string of the molecule is COc1ccc(C=O)c(I)c1I. The van der Waals surface area contributed by atoms with Gasteiger partial charge in [0.25, 0.3) is 0 Å². The number of benzene rings is 1. The number of carbonyl (C=O) groups excluding carboxylic acids is 1. The normalized spacial score (nSPS) is 9.58. The Morgan fingerprint density at radius 3 is 2.50 bits per heavy atom. The highest BCUT2D eigenvalue weighted by molar-refractivity contribution is 14.1. The molecule has 4 heteroatoms. The molecular formula is C8H6I2O2. The van der Waals surface area contributed by atoms with Gasteiger partial charge in [-0.25, -0.2) is 0 Å². The molecule has 0 amide bonds. The zero-order valence-electron chi connectivity index (χ0n) is 6.30. The molecule has 0 aliphatic carbocycles. The highest BCUT2D eigenvalue weighted by Crippen LogP contribution is 2.27. The van der Waals surface area contributed by atoms with E-state index in [0.717, 1.165) is 19.2 Å². The van der Waals surface area contributed by atoms with Crippen LogP contribution in [-0.2, 0) is 0 Å². The van der Waals surface area contributed by atoms with E-state index < -0.39 is 0 Å². The van der Waals surface area contributed by atoms with Gasteiger partial charge in [0.05, 0.1) is 10.7 Å². The Labute approximate surface area is 98.0 Å². The molecule has 0 aliphatic heterocycles. The predicted octanol–water partition coefficient (Wildman–Crippen LogP) is 2.72. The van der Waals surface area contributed by atoms with Gasteiger partial charge >= 0.3 is 0 Å². The van der Waals surface area contributed by atoms with E-state index in [1.165, 1.54) is 0 Å². The Balaban J connectivity index is 3.29. The highest BCUT2D eigenvalue weighted by atomic mass is 127. The summed E-state index contributed by atoms with van der Waals surface area (Å²) in [4.78, 5) is 10.5. The first kappa shape index (κ1) is 10.2. The minimum Gasteiger partial charge on any atom is -0.496 e. The molecule has 1 aromatic carbocycles. The van der Waals surface area contributed by atoms with E-state index in [2.05, 4.69) is 45.2 Å². The molecule has 0 N–H and O–H groups in total. The summed E-state index contributed by atoms with van der Waals surface area (Å²) in [5.41, 5.74) is 0.709. The molecule has 0 saturated heterocycles. The van der Waals surface area contributed by atoms with Gasteiger partial charge < -0.3 is 4.74 Å². The van der Waals surface area contributed by atoms with Crippen LogP contribution in [-0.4, -0.2) is 13.4 Å². The number of aldehydes is 1. The second-order valence-corrected chi connectivity index (χ2v) is 4.26. The third-order valence-corrected chi connectivity index (χ3v) is 4.69. The van der Waals surface area contributed by atoms with Gasteiger partial charge in [0.2, 0.25) is 0 Å². The Morgan fingerprint density at radius 1 is 1.33 bits per heavy atom. The summed E-state index contributed by atoms with van der Waals surface area (Å²) >= 11 is 4.30. The lowest BCUT2D eigenvalue weighted by Crippen LogP contribution is -1.94. The van der Waals surface area contributed by atoms with Crippen LogP contribution in [0.15, 0.2) is 12.1 Å². The van der Waals surface area contributed by atoms with Crippen LogP contribution in [0.2, 0.25) is 0 Å². The third-order valence-electron chi connectivity index (χ3n) is 1.42. The van der Waals surface area contributed by atoms with Crippen molar-refractivity contribution in [3.8, 4) is 5.75 Å². The van der Waals surface area contributed by atoms with Gasteiger partial charge in [-0.1, -0.05) is 0 Å². The Kier molecular flexibility index (Phi) is 3.76. The van der Waals surface area contributed by atoms with Crippen molar-refractivity contribution >= 4 is 51.5 Å². The molecule has 12 heavy (non-hydrogen) atoms. The summed E-state index contributed by atoms with van der Waals surface area (Å²) in [6.45, 7) is 0. The maximum atomic E-state index is 10.5. The molecule has 0 radical (unpaired) electrons. The number of carbonyl (C=O) groups is 1. The van der Waals surface area contributed by atoms with E-state index in [-0.39, 0.29) is 0 Å². The minimum atomic E-state index is 0.709. The third kappa shape index (κ3) is 1.90. The van der Waals surface area contributed by atoms with Gasteiger partial charge in [0, 0.05) is 9.13 Å². The zero-order valence-corrected chi connectivity index (χ0v) is 10.6. The Bertz CT molecular complexity index is 310. The summed E-state index contributed by atoms with van der Waals surface area (Å²) in [6.07, 6.45) is 0.851. The lowest BCUT2D eigenvalue weighted by Gasteiger charge is -2.05. The van der Waals surface area contributed by atoms with Crippen LogP contribution in [0.1, 0.15) is 10.4 Å². The molecule has 64 valence electrons. The molecule has 0 fully saturated rings. The van der Waals surface area contributed by atoms with Crippen LogP contribution in [0.4, 0.5) is 0 Å². The van der Waals surface area contributed by atoms with Crippen molar-refractivity contribution in [2.75, 3.05) is 7.11 Å². The molecule has 0 heterocycles. The number of ether oxygens (including phenoxy) is 1. The second-order valence-electron chi connectivity index (χ2n) is 2.10. The van der Waals surface area contributed by atoms with Crippen molar-refractivity contribution in [2.45, 2.75) is 0 Å². The van der Waals surface area contributed by atoms with Crippen molar-refractivity contribution in [2.24, 2.45) is 0 Å². The Hall–Kier alpha value is 0.150. The lowest BCUT2D eigenvalue weighted by molar-refractivity contribution is 0.112. The standard InChI is InChI=1S/C8H6I2O2/c1-12-6-3-2-5(4-11)7(9)8(6)10/h2-4H,1H3. The van der Waals surface area contributed by atoms with Gasteiger partial charge in [-0.2, -0.15) is 0 Å². The smallest absolute Gasteiger partial charge is 0.151 e. The quantitative estimate of drug-likeness (QED) is 0.576. The molecule has 0 aromatic heterocycles. The number of halogens is 2. The first-order valence-corrected chi connectivity index (χ1v) is 5.33. The molecule has 0 bridgehead atoms. The van der Waals surface area contributed by atoms with E-state index in [9.17, 15) is 4.79 Å². The van der Waals surface area contributed by atoms with E-state index in [0.29, 0.717) is 5.56 Å². The van der Waals surface area contributed by atoms with Crippen LogP contribution in [0, 0.1) is 7.14 Å². The van der Waals surface area contributed by atoms with Crippen molar-refractivity contribution in [1.82, 2.24) is 0 Å². The fourth-order valence-corrected chi connectivity index (χ4v) is 2.08. The van der Waals surface area contributed by atoms with Crippen molar-refractivity contribution < 1.29 is 9.53 Å². The van der Waals surface area contributed by atoms with Crippen LogP contribution in [0.5, 0.6) is 5.75 Å². The van der Waals surface area contributed by atoms with Crippen LogP contribution in [0.3, 0.4) is 0 Å². The Morgan fingerprint density at radius 2 is 2.00 bits per heavy atom. The zero-order chi connectivity index (χ0) is 9.14. The van der Waals surface area contributed by atoms with E-state index in [1.807, 2.05) is 0 Å². The average molecular weight is 388 g/mol. The molecule has 0 atom stereocenters. The van der Waals surface area contributed by atoms with Gasteiger partial charge in [-0.15, -0.1) is 0 Å². The van der Waals surface area contributed by atoms with Gasteiger partial charge in [-0.05, 0) is 57.3 Å². The van der Waals surface area contributed by atoms with Crippen molar-refractivity contribution in [3.63, 3.8) is 0 Å². The molecule has 1 rings (SSSR count). The van der Waals surface area contributed by atoms with Gasteiger partial charge in [-0.3, -0.25) is 4.79 Å². The topological polar surface area (TPSA) is 26.3 Å².